The van der Waals surface area contributed by atoms with Gasteiger partial charge < -0.3 is 9.26 Å². The number of rotatable bonds is 6. The van der Waals surface area contributed by atoms with Gasteiger partial charge in [-0.3, -0.25) is 4.79 Å². The number of carbonyl (C=O) groups is 1. The molecule has 7 nitrogen and oxygen atoms in total. The molecule has 2 aromatic rings. The summed E-state index contributed by atoms with van der Waals surface area (Å²) in [6, 6.07) is 7.19. The van der Waals surface area contributed by atoms with Gasteiger partial charge in [0.15, 0.2) is 16.8 Å². The van der Waals surface area contributed by atoms with Crippen LogP contribution in [0.5, 0.6) is 5.75 Å². The van der Waals surface area contributed by atoms with Gasteiger partial charge in [0.1, 0.15) is 11.4 Å². The minimum absolute atomic E-state index is 0.124. The van der Waals surface area contributed by atoms with Crippen LogP contribution in [-0.2, 0) is 14.8 Å². The largest absolute Gasteiger partial charge is 0.481 e. The second-order valence-corrected chi connectivity index (χ2v) is 7.07. The smallest absolute Gasteiger partial charge is 0.274 e. The van der Waals surface area contributed by atoms with E-state index >= 15 is 0 Å². The number of aromatic nitrogens is 1. The fraction of sp³-hybridized carbons (Fsp3) is 0.375. The van der Waals surface area contributed by atoms with Crippen LogP contribution in [0.25, 0.3) is 0 Å². The van der Waals surface area contributed by atoms with Crippen LogP contribution >= 0.6 is 0 Å². The Morgan fingerprint density at radius 2 is 2.04 bits per heavy atom. The van der Waals surface area contributed by atoms with Crippen molar-refractivity contribution in [3.8, 4) is 5.75 Å². The number of ether oxygens (including phenoxy) is 1. The van der Waals surface area contributed by atoms with E-state index in [-0.39, 0.29) is 16.3 Å². The van der Waals surface area contributed by atoms with E-state index in [9.17, 15) is 13.2 Å². The van der Waals surface area contributed by atoms with Gasteiger partial charge in [-0.1, -0.05) is 24.2 Å². The first kappa shape index (κ1) is 18.0. The Bertz CT molecular complexity index is 822. The SMILES string of the molecule is CC[C@@H](Oc1cccc(C)c1)C(=O)NS(=O)(=O)c1c(C)noc1C. The number of benzene rings is 1. The van der Waals surface area contributed by atoms with Crippen molar-refractivity contribution in [3.05, 3.63) is 41.3 Å². The number of aryl methyl sites for hydroxylation is 3. The van der Waals surface area contributed by atoms with Crippen LogP contribution in [0.15, 0.2) is 33.7 Å². The summed E-state index contributed by atoms with van der Waals surface area (Å²) < 4.78 is 37.3. The topological polar surface area (TPSA) is 98.5 Å². The highest BCUT2D eigenvalue weighted by atomic mass is 32.2. The molecule has 0 bridgehead atoms. The Balaban J connectivity index is 2.17. The van der Waals surface area contributed by atoms with Gasteiger partial charge in [-0.2, -0.15) is 0 Å². The zero-order valence-corrected chi connectivity index (χ0v) is 14.8. The molecule has 0 aliphatic heterocycles. The molecule has 0 unspecified atom stereocenters. The molecule has 8 heteroatoms. The summed E-state index contributed by atoms with van der Waals surface area (Å²) in [6.45, 7) is 6.61. The normalized spacial score (nSPS) is 12.7. The average molecular weight is 352 g/mol. The second-order valence-electron chi connectivity index (χ2n) is 5.45. The van der Waals surface area contributed by atoms with Gasteiger partial charge in [0.25, 0.3) is 15.9 Å². The molecule has 0 radical (unpaired) electrons. The van der Waals surface area contributed by atoms with Crippen molar-refractivity contribution in [2.45, 2.75) is 45.1 Å². The molecule has 1 aromatic heterocycles. The van der Waals surface area contributed by atoms with Crippen LogP contribution in [0.4, 0.5) is 0 Å². The first-order chi connectivity index (χ1) is 11.2. The van der Waals surface area contributed by atoms with E-state index in [1.165, 1.54) is 13.8 Å². The molecule has 130 valence electrons. The molecular weight excluding hydrogens is 332 g/mol. The van der Waals surface area contributed by atoms with E-state index in [0.29, 0.717) is 12.2 Å². The molecule has 1 atom stereocenters. The van der Waals surface area contributed by atoms with Crippen molar-refractivity contribution in [2.75, 3.05) is 0 Å². The molecule has 0 aliphatic rings. The Morgan fingerprint density at radius 3 is 2.58 bits per heavy atom. The van der Waals surface area contributed by atoms with Crippen molar-refractivity contribution < 1.29 is 22.5 Å². The first-order valence-corrected chi connectivity index (χ1v) is 8.95. The summed E-state index contributed by atoms with van der Waals surface area (Å²) in [7, 11) is -4.07. The minimum Gasteiger partial charge on any atom is -0.481 e. The third-order valence-corrected chi connectivity index (χ3v) is 4.99. The lowest BCUT2D eigenvalue weighted by Crippen LogP contribution is -2.41. The minimum atomic E-state index is -4.07. The van der Waals surface area contributed by atoms with E-state index in [4.69, 9.17) is 9.26 Å². The Labute approximate surface area is 141 Å². The number of nitrogens with one attached hydrogen (secondary N) is 1. The molecule has 1 aromatic carbocycles. The monoisotopic (exact) mass is 352 g/mol. The molecule has 0 fully saturated rings. The van der Waals surface area contributed by atoms with Crippen molar-refractivity contribution in [3.63, 3.8) is 0 Å². The molecule has 0 saturated carbocycles. The number of nitrogens with zero attached hydrogens (tertiary/aromatic N) is 1. The van der Waals surface area contributed by atoms with Crippen LogP contribution < -0.4 is 9.46 Å². The average Bonchev–Trinajstić information content (AvgIpc) is 2.84. The standard InChI is InChI=1S/C16H20N2O5S/c1-5-14(22-13-8-6-7-10(2)9-13)16(19)18-24(20,21)15-11(3)17-23-12(15)4/h6-9,14H,5H2,1-4H3,(H,18,19)/t14-/m1/s1. The zero-order chi connectivity index (χ0) is 17.9. The summed E-state index contributed by atoms with van der Waals surface area (Å²) >= 11 is 0. The van der Waals surface area contributed by atoms with Gasteiger partial charge in [-0.05, 0) is 44.9 Å². The Kier molecular flexibility index (Phi) is 5.28. The van der Waals surface area contributed by atoms with Gasteiger partial charge in [0, 0.05) is 0 Å². The lowest BCUT2D eigenvalue weighted by molar-refractivity contribution is -0.126. The van der Waals surface area contributed by atoms with Crippen molar-refractivity contribution in [2.24, 2.45) is 0 Å². The fourth-order valence-electron chi connectivity index (χ4n) is 2.28. The van der Waals surface area contributed by atoms with Gasteiger partial charge in [-0.15, -0.1) is 0 Å². The predicted octanol–water partition coefficient (Wildman–Crippen LogP) is 2.26. The van der Waals surface area contributed by atoms with Crippen LogP contribution in [0.1, 0.15) is 30.4 Å². The van der Waals surface area contributed by atoms with Crippen molar-refractivity contribution in [1.82, 2.24) is 9.88 Å². The number of hydrogen-bond acceptors (Lipinski definition) is 6. The number of hydrogen-bond donors (Lipinski definition) is 1. The maximum atomic E-state index is 12.4. The molecule has 1 heterocycles. The van der Waals surface area contributed by atoms with Crippen LogP contribution in [-0.4, -0.2) is 25.6 Å². The summed E-state index contributed by atoms with van der Waals surface area (Å²) in [5, 5.41) is 3.60. The third kappa shape index (κ3) is 3.94. The van der Waals surface area contributed by atoms with E-state index in [1.54, 1.807) is 25.1 Å². The maximum absolute atomic E-state index is 12.4. The molecule has 0 spiro atoms. The summed E-state index contributed by atoms with van der Waals surface area (Å²) in [6.07, 6.45) is -0.612. The second kappa shape index (κ2) is 7.04. The molecule has 1 amide bonds. The molecule has 1 N–H and O–H groups in total. The zero-order valence-electron chi connectivity index (χ0n) is 14.0. The van der Waals surface area contributed by atoms with Crippen LogP contribution in [0.3, 0.4) is 0 Å². The fourth-order valence-corrected chi connectivity index (χ4v) is 3.62. The summed E-state index contributed by atoms with van der Waals surface area (Å²) in [5.74, 6) is -0.105. The quantitative estimate of drug-likeness (QED) is 0.856. The number of sulfonamides is 1. The van der Waals surface area contributed by atoms with E-state index in [1.807, 2.05) is 17.7 Å². The van der Waals surface area contributed by atoms with Gasteiger partial charge in [-0.25, -0.2) is 13.1 Å². The van der Waals surface area contributed by atoms with E-state index < -0.39 is 22.0 Å². The highest BCUT2D eigenvalue weighted by Crippen LogP contribution is 2.20. The third-order valence-electron chi connectivity index (χ3n) is 3.40. The predicted molar refractivity (Wildman–Crippen MR) is 87.2 cm³/mol. The number of amides is 1. The highest BCUT2D eigenvalue weighted by molar-refractivity contribution is 7.90. The van der Waals surface area contributed by atoms with E-state index in [2.05, 4.69) is 5.16 Å². The Hall–Kier alpha value is -2.35. The van der Waals surface area contributed by atoms with E-state index in [0.717, 1.165) is 5.56 Å². The molecule has 2 rings (SSSR count). The van der Waals surface area contributed by atoms with Crippen LogP contribution in [0, 0.1) is 20.8 Å². The highest BCUT2D eigenvalue weighted by Gasteiger charge is 2.29. The Morgan fingerprint density at radius 1 is 1.33 bits per heavy atom. The lowest BCUT2D eigenvalue weighted by atomic mass is 10.2. The summed E-state index contributed by atoms with van der Waals surface area (Å²) in [4.78, 5) is 12.2. The molecule has 0 saturated heterocycles. The molecule has 24 heavy (non-hydrogen) atoms. The summed E-state index contributed by atoms with van der Waals surface area (Å²) in [5.41, 5.74) is 1.17. The van der Waals surface area contributed by atoms with Crippen molar-refractivity contribution >= 4 is 15.9 Å². The maximum Gasteiger partial charge on any atom is 0.274 e. The van der Waals surface area contributed by atoms with Gasteiger partial charge >= 0.3 is 0 Å². The van der Waals surface area contributed by atoms with Crippen molar-refractivity contribution in [1.29, 1.82) is 0 Å². The molecular formula is C16H20N2O5S. The number of carbonyl (C=O) groups excluding carboxylic acids is 1. The molecule has 0 aliphatic carbocycles. The first-order valence-electron chi connectivity index (χ1n) is 7.47. The lowest BCUT2D eigenvalue weighted by Gasteiger charge is -2.17. The van der Waals surface area contributed by atoms with Gasteiger partial charge in [0.2, 0.25) is 0 Å². The van der Waals surface area contributed by atoms with Crippen LogP contribution in [0.2, 0.25) is 0 Å². The van der Waals surface area contributed by atoms with Gasteiger partial charge in [0.05, 0.1) is 0 Å².